The van der Waals surface area contributed by atoms with E-state index in [1.54, 1.807) is 6.07 Å². The van der Waals surface area contributed by atoms with E-state index in [1.165, 1.54) is 13.2 Å². The number of ether oxygens (including phenoxy) is 1. The third kappa shape index (κ3) is 1.79. The second kappa shape index (κ2) is 4.48. The number of hydrogen-bond donors (Lipinski definition) is 1. The molecule has 0 aromatic heterocycles. The average molecular weight is 251 g/mol. The first-order valence-electron chi connectivity index (χ1n) is 5.94. The van der Waals surface area contributed by atoms with Crippen LogP contribution in [-0.4, -0.2) is 31.1 Å². The molecule has 2 rings (SSSR count). The van der Waals surface area contributed by atoms with Crippen LogP contribution in [-0.2, 0) is 5.54 Å². The summed E-state index contributed by atoms with van der Waals surface area (Å²) in [4.78, 5) is 6.24. The summed E-state index contributed by atoms with van der Waals surface area (Å²) in [5, 5.41) is 0. The minimum absolute atomic E-state index is 0.247. The van der Waals surface area contributed by atoms with E-state index >= 15 is 0 Å². The minimum atomic E-state index is -0.383. The summed E-state index contributed by atoms with van der Waals surface area (Å²) in [6.45, 7) is 5.30. The van der Waals surface area contributed by atoms with Crippen molar-refractivity contribution in [2.75, 3.05) is 20.2 Å². The predicted octanol–water partition coefficient (Wildman–Crippen LogP) is 1.70. The quantitative estimate of drug-likeness (QED) is 0.889. The van der Waals surface area contributed by atoms with Gasteiger partial charge in [-0.3, -0.25) is 4.99 Å². The largest absolute Gasteiger partial charge is 0.494 e. The Hall–Kier alpha value is -1.78. The molecule has 1 aliphatic heterocycles. The van der Waals surface area contributed by atoms with E-state index in [9.17, 15) is 4.39 Å². The molecule has 1 unspecified atom stereocenters. The van der Waals surface area contributed by atoms with Gasteiger partial charge in [-0.05, 0) is 31.5 Å². The number of rotatable bonds is 3. The number of nitrogens with two attached hydrogens (primary N) is 1. The standard InChI is InChI=1S/C13H18FN3O/c1-4-17-12(15)16-8-13(17,2)9-5-6-11(18-3)10(14)7-9/h5-7H,4,8H2,1-3H3,(H2,15,16). The monoisotopic (exact) mass is 251 g/mol. The summed E-state index contributed by atoms with van der Waals surface area (Å²) in [7, 11) is 1.45. The zero-order valence-electron chi connectivity index (χ0n) is 10.9. The highest BCUT2D eigenvalue weighted by Crippen LogP contribution is 2.34. The number of aliphatic imine (C=N–C) groups is 1. The molecule has 0 bridgehead atoms. The van der Waals surface area contributed by atoms with Crippen molar-refractivity contribution in [2.24, 2.45) is 10.7 Å². The Morgan fingerprint density at radius 3 is 2.83 bits per heavy atom. The fourth-order valence-corrected chi connectivity index (χ4v) is 2.42. The normalized spacial score (nSPS) is 23.1. The molecule has 0 amide bonds. The van der Waals surface area contributed by atoms with Crippen molar-refractivity contribution in [3.05, 3.63) is 29.6 Å². The molecule has 0 radical (unpaired) electrons. The highest BCUT2D eigenvalue weighted by molar-refractivity contribution is 5.81. The molecule has 0 saturated carbocycles. The van der Waals surface area contributed by atoms with E-state index in [2.05, 4.69) is 4.99 Å². The molecule has 4 nitrogen and oxygen atoms in total. The number of hydrogen-bond acceptors (Lipinski definition) is 4. The fraction of sp³-hybridized carbons (Fsp3) is 0.462. The number of likely N-dealkylation sites (N-methyl/N-ethyl adjacent to an activating group) is 1. The van der Waals surface area contributed by atoms with Crippen LogP contribution in [0.1, 0.15) is 19.4 Å². The molecule has 5 heteroatoms. The van der Waals surface area contributed by atoms with Crippen LogP contribution in [0.2, 0.25) is 0 Å². The Balaban J connectivity index is 2.40. The Labute approximate surface area is 106 Å². The SMILES string of the molecule is CCN1C(N)=NCC1(C)c1ccc(OC)c(F)c1. The Morgan fingerprint density at radius 2 is 2.28 bits per heavy atom. The van der Waals surface area contributed by atoms with E-state index < -0.39 is 0 Å². The van der Waals surface area contributed by atoms with Crippen molar-refractivity contribution in [3.8, 4) is 5.75 Å². The summed E-state index contributed by atoms with van der Waals surface area (Å²) >= 11 is 0. The lowest BCUT2D eigenvalue weighted by atomic mass is 9.91. The first kappa shape index (κ1) is 12.7. The van der Waals surface area contributed by atoms with Crippen LogP contribution in [0.3, 0.4) is 0 Å². The summed E-state index contributed by atoms with van der Waals surface area (Å²) in [6, 6.07) is 4.99. The van der Waals surface area contributed by atoms with E-state index in [4.69, 9.17) is 10.5 Å². The molecule has 1 aromatic carbocycles. The molecule has 0 saturated heterocycles. The van der Waals surface area contributed by atoms with Crippen LogP contribution < -0.4 is 10.5 Å². The summed E-state index contributed by atoms with van der Waals surface area (Å²) in [6.07, 6.45) is 0. The van der Waals surface area contributed by atoms with Gasteiger partial charge in [0.1, 0.15) is 0 Å². The molecule has 1 aromatic rings. The number of benzene rings is 1. The van der Waals surface area contributed by atoms with Crippen LogP contribution in [0.15, 0.2) is 23.2 Å². The maximum absolute atomic E-state index is 13.8. The van der Waals surface area contributed by atoms with Gasteiger partial charge in [-0.25, -0.2) is 4.39 Å². The molecule has 1 aliphatic rings. The molecule has 0 aliphatic carbocycles. The maximum atomic E-state index is 13.8. The van der Waals surface area contributed by atoms with Gasteiger partial charge in [0, 0.05) is 6.54 Å². The zero-order valence-corrected chi connectivity index (χ0v) is 10.9. The van der Waals surface area contributed by atoms with E-state index in [0.29, 0.717) is 12.5 Å². The Morgan fingerprint density at radius 1 is 1.56 bits per heavy atom. The van der Waals surface area contributed by atoms with Gasteiger partial charge in [-0.15, -0.1) is 0 Å². The van der Waals surface area contributed by atoms with Crippen molar-refractivity contribution in [1.29, 1.82) is 0 Å². The van der Waals surface area contributed by atoms with Gasteiger partial charge in [0.15, 0.2) is 17.5 Å². The van der Waals surface area contributed by atoms with Crippen LogP contribution in [0.5, 0.6) is 5.75 Å². The van der Waals surface area contributed by atoms with E-state index in [0.717, 1.165) is 12.1 Å². The number of nitrogens with zero attached hydrogens (tertiary/aromatic N) is 2. The van der Waals surface area contributed by atoms with Gasteiger partial charge in [0.25, 0.3) is 0 Å². The zero-order chi connectivity index (χ0) is 13.3. The van der Waals surface area contributed by atoms with Crippen LogP contribution in [0.4, 0.5) is 4.39 Å². The average Bonchev–Trinajstić information content (AvgIpc) is 2.66. The molecule has 1 heterocycles. The van der Waals surface area contributed by atoms with Gasteiger partial charge < -0.3 is 15.4 Å². The smallest absolute Gasteiger partial charge is 0.192 e. The molecule has 0 spiro atoms. The van der Waals surface area contributed by atoms with Crippen molar-refractivity contribution in [3.63, 3.8) is 0 Å². The van der Waals surface area contributed by atoms with Crippen LogP contribution in [0, 0.1) is 5.82 Å². The van der Waals surface area contributed by atoms with E-state index in [-0.39, 0.29) is 17.1 Å². The molecule has 18 heavy (non-hydrogen) atoms. The summed E-state index contributed by atoms with van der Waals surface area (Å²) < 4.78 is 18.7. The Kier molecular flexibility index (Phi) is 3.15. The summed E-state index contributed by atoms with van der Waals surface area (Å²) in [5.74, 6) is 0.395. The lowest BCUT2D eigenvalue weighted by molar-refractivity contribution is 0.233. The first-order chi connectivity index (χ1) is 8.52. The highest BCUT2D eigenvalue weighted by Gasteiger charge is 2.38. The second-order valence-electron chi connectivity index (χ2n) is 4.54. The number of halogens is 1. The lowest BCUT2D eigenvalue weighted by Crippen LogP contribution is -2.47. The van der Waals surface area contributed by atoms with Gasteiger partial charge in [0.2, 0.25) is 0 Å². The third-order valence-corrected chi connectivity index (χ3v) is 3.51. The molecule has 98 valence electrons. The molecular formula is C13H18FN3O. The third-order valence-electron chi connectivity index (χ3n) is 3.51. The predicted molar refractivity (Wildman–Crippen MR) is 69.2 cm³/mol. The van der Waals surface area contributed by atoms with E-state index in [1.807, 2.05) is 24.8 Å². The lowest BCUT2D eigenvalue weighted by Gasteiger charge is -2.36. The van der Waals surface area contributed by atoms with Crippen molar-refractivity contribution < 1.29 is 9.13 Å². The van der Waals surface area contributed by atoms with Gasteiger partial charge in [0.05, 0.1) is 19.2 Å². The first-order valence-corrected chi connectivity index (χ1v) is 5.94. The van der Waals surface area contributed by atoms with Gasteiger partial charge in [-0.1, -0.05) is 6.07 Å². The topological polar surface area (TPSA) is 50.8 Å². The Bertz CT molecular complexity index is 489. The maximum Gasteiger partial charge on any atom is 0.192 e. The van der Waals surface area contributed by atoms with Gasteiger partial charge in [-0.2, -0.15) is 0 Å². The second-order valence-corrected chi connectivity index (χ2v) is 4.54. The molecular weight excluding hydrogens is 233 g/mol. The molecule has 0 fully saturated rings. The fourth-order valence-electron chi connectivity index (χ4n) is 2.42. The van der Waals surface area contributed by atoms with Crippen molar-refractivity contribution in [2.45, 2.75) is 19.4 Å². The molecule has 1 atom stereocenters. The minimum Gasteiger partial charge on any atom is -0.494 e. The molecule has 2 N–H and O–H groups in total. The number of methoxy groups -OCH3 is 1. The van der Waals surface area contributed by atoms with Crippen molar-refractivity contribution >= 4 is 5.96 Å². The summed E-state index contributed by atoms with van der Waals surface area (Å²) in [5.41, 5.74) is 6.32. The van der Waals surface area contributed by atoms with Gasteiger partial charge >= 0.3 is 0 Å². The number of guanidine groups is 1. The van der Waals surface area contributed by atoms with Crippen molar-refractivity contribution in [1.82, 2.24) is 4.90 Å². The van der Waals surface area contributed by atoms with Crippen LogP contribution >= 0.6 is 0 Å². The highest BCUT2D eigenvalue weighted by atomic mass is 19.1. The van der Waals surface area contributed by atoms with Crippen LogP contribution in [0.25, 0.3) is 0 Å².